The van der Waals surface area contributed by atoms with E-state index in [0.717, 1.165) is 0 Å². The van der Waals surface area contributed by atoms with Gasteiger partial charge in [0.1, 0.15) is 5.82 Å². The molecule has 1 aromatic carbocycles. The number of hydrogen-bond acceptors (Lipinski definition) is 2. The SMILES string of the molecule is O=Cc1cccc(F)c1N1CCC(F)(F)C1. The van der Waals surface area contributed by atoms with E-state index >= 15 is 0 Å². The van der Waals surface area contributed by atoms with Crippen molar-refractivity contribution in [2.45, 2.75) is 12.3 Å². The van der Waals surface area contributed by atoms with E-state index in [9.17, 15) is 18.0 Å². The predicted molar refractivity (Wildman–Crippen MR) is 53.6 cm³/mol. The van der Waals surface area contributed by atoms with E-state index in [1.165, 1.54) is 23.1 Å². The summed E-state index contributed by atoms with van der Waals surface area (Å²) in [5.41, 5.74) is 0.0902. The maximum Gasteiger partial charge on any atom is 0.266 e. The summed E-state index contributed by atoms with van der Waals surface area (Å²) in [5.74, 6) is -3.44. The van der Waals surface area contributed by atoms with Gasteiger partial charge in [-0.3, -0.25) is 4.79 Å². The Bertz CT molecular complexity index is 420. The maximum atomic E-state index is 13.5. The van der Waals surface area contributed by atoms with Crippen molar-refractivity contribution in [2.75, 3.05) is 18.0 Å². The molecule has 1 aliphatic rings. The van der Waals surface area contributed by atoms with Gasteiger partial charge in [-0.1, -0.05) is 6.07 Å². The smallest absolute Gasteiger partial charge is 0.266 e. The zero-order chi connectivity index (χ0) is 11.8. The molecule has 0 unspecified atom stereocenters. The number of alkyl halides is 2. The van der Waals surface area contributed by atoms with E-state index in [-0.39, 0.29) is 24.2 Å². The standard InChI is InChI=1S/C11H10F3NO/c12-9-3-1-2-8(6-16)10(9)15-5-4-11(13,14)7-15/h1-3,6H,4-5,7H2. The van der Waals surface area contributed by atoms with Gasteiger partial charge in [-0.15, -0.1) is 0 Å². The second-order valence-corrected chi connectivity index (χ2v) is 3.82. The third-order valence-electron chi connectivity index (χ3n) is 2.63. The summed E-state index contributed by atoms with van der Waals surface area (Å²) in [6.07, 6.45) is 0.175. The molecule has 2 nitrogen and oxygen atoms in total. The molecule has 86 valence electrons. The van der Waals surface area contributed by atoms with Crippen molar-refractivity contribution in [1.82, 2.24) is 0 Å². The number of rotatable bonds is 2. The molecule has 0 aromatic heterocycles. The van der Waals surface area contributed by atoms with Crippen LogP contribution < -0.4 is 4.90 Å². The number of halogens is 3. The minimum atomic E-state index is -2.80. The molecule has 1 aromatic rings. The molecule has 2 rings (SSSR count). The van der Waals surface area contributed by atoms with Gasteiger partial charge in [0.15, 0.2) is 6.29 Å². The Morgan fingerprint density at radius 2 is 2.12 bits per heavy atom. The van der Waals surface area contributed by atoms with E-state index in [4.69, 9.17) is 0 Å². The van der Waals surface area contributed by atoms with Crippen LogP contribution >= 0.6 is 0 Å². The first-order chi connectivity index (χ1) is 7.53. The molecule has 16 heavy (non-hydrogen) atoms. The number of hydrogen-bond donors (Lipinski definition) is 0. The molecule has 0 spiro atoms. The van der Waals surface area contributed by atoms with E-state index in [1.807, 2.05) is 0 Å². The average molecular weight is 229 g/mol. The fraction of sp³-hybridized carbons (Fsp3) is 0.364. The number of carbonyl (C=O) groups is 1. The second-order valence-electron chi connectivity index (χ2n) is 3.82. The van der Waals surface area contributed by atoms with Crippen LogP contribution in [0.2, 0.25) is 0 Å². The number of carbonyl (C=O) groups excluding carboxylic acids is 1. The highest BCUT2D eigenvalue weighted by molar-refractivity contribution is 5.85. The quantitative estimate of drug-likeness (QED) is 0.726. The normalized spacial score (nSPS) is 18.8. The van der Waals surface area contributed by atoms with Gasteiger partial charge >= 0.3 is 0 Å². The molecule has 0 amide bonds. The van der Waals surface area contributed by atoms with E-state index in [1.54, 1.807) is 0 Å². The van der Waals surface area contributed by atoms with Gasteiger partial charge in [0, 0.05) is 18.5 Å². The van der Waals surface area contributed by atoms with Crippen LogP contribution in [0.5, 0.6) is 0 Å². The van der Waals surface area contributed by atoms with E-state index < -0.39 is 18.3 Å². The maximum absolute atomic E-state index is 13.5. The largest absolute Gasteiger partial charge is 0.362 e. The Kier molecular flexibility index (Phi) is 2.61. The summed E-state index contributed by atoms with van der Waals surface area (Å²) in [4.78, 5) is 11.9. The Balaban J connectivity index is 2.37. The van der Waals surface area contributed by atoms with Gasteiger partial charge < -0.3 is 4.90 Å². The van der Waals surface area contributed by atoms with Gasteiger partial charge in [-0.25, -0.2) is 13.2 Å². The van der Waals surface area contributed by atoms with Crippen LogP contribution in [0.3, 0.4) is 0 Å². The monoisotopic (exact) mass is 229 g/mol. The molecule has 5 heteroatoms. The fourth-order valence-corrected chi connectivity index (χ4v) is 1.89. The van der Waals surface area contributed by atoms with Crippen LogP contribution in [0, 0.1) is 5.82 Å². The lowest BCUT2D eigenvalue weighted by molar-refractivity contribution is 0.0256. The summed E-state index contributed by atoms with van der Waals surface area (Å²) in [7, 11) is 0. The van der Waals surface area contributed by atoms with Gasteiger partial charge in [0.2, 0.25) is 0 Å². The number of aldehydes is 1. The fourth-order valence-electron chi connectivity index (χ4n) is 1.89. The van der Waals surface area contributed by atoms with Crippen LogP contribution in [0.1, 0.15) is 16.8 Å². The molecule has 1 aliphatic heterocycles. The first kappa shape index (κ1) is 11.0. The Labute approximate surface area is 90.7 Å². The predicted octanol–water partition coefficient (Wildman–Crippen LogP) is 2.48. The zero-order valence-corrected chi connectivity index (χ0v) is 8.42. The van der Waals surface area contributed by atoms with E-state index in [0.29, 0.717) is 6.29 Å². The molecule has 0 N–H and O–H groups in total. The lowest BCUT2D eigenvalue weighted by Gasteiger charge is -2.20. The molecule has 1 saturated heterocycles. The highest BCUT2D eigenvalue weighted by Gasteiger charge is 2.39. The van der Waals surface area contributed by atoms with Crippen molar-refractivity contribution in [3.05, 3.63) is 29.6 Å². The summed E-state index contributed by atoms with van der Waals surface area (Å²) >= 11 is 0. The molecule has 1 heterocycles. The number of anilines is 1. The van der Waals surface area contributed by atoms with Gasteiger partial charge in [0.05, 0.1) is 12.2 Å². The molecule has 0 atom stereocenters. The van der Waals surface area contributed by atoms with Crippen LogP contribution in [0.4, 0.5) is 18.9 Å². The number of nitrogens with zero attached hydrogens (tertiary/aromatic N) is 1. The van der Waals surface area contributed by atoms with Crippen LogP contribution in [-0.2, 0) is 0 Å². The summed E-state index contributed by atoms with van der Waals surface area (Å²) in [6, 6.07) is 3.97. The third kappa shape index (κ3) is 1.89. The number of para-hydroxylation sites is 1. The molecule has 0 aliphatic carbocycles. The minimum absolute atomic E-state index is 0.0188. The van der Waals surface area contributed by atoms with Crippen LogP contribution in [0.25, 0.3) is 0 Å². The lowest BCUT2D eigenvalue weighted by Crippen LogP contribution is -2.26. The topological polar surface area (TPSA) is 20.3 Å². The summed E-state index contributed by atoms with van der Waals surface area (Å²) in [5, 5.41) is 0. The first-order valence-electron chi connectivity index (χ1n) is 4.90. The van der Waals surface area contributed by atoms with Crippen molar-refractivity contribution < 1.29 is 18.0 Å². The van der Waals surface area contributed by atoms with Gasteiger partial charge in [0.25, 0.3) is 5.92 Å². The number of benzene rings is 1. The molecular formula is C11H10F3NO. The van der Waals surface area contributed by atoms with Crippen molar-refractivity contribution in [3.63, 3.8) is 0 Å². The first-order valence-corrected chi connectivity index (χ1v) is 4.90. The molecule has 0 saturated carbocycles. The van der Waals surface area contributed by atoms with Crippen molar-refractivity contribution in [3.8, 4) is 0 Å². The second kappa shape index (κ2) is 3.81. The van der Waals surface area contributed by atoms with Gasteiger partial charge in [-0.05, 0) is 12.1 Å². The highest BCUT2D eigenvalue weighted by atomic mass is 19.3. The highest BCUT2D eigenvalue weighted by Crippen LogP contribution is 2.33. The third-order valence-corrected chi connectivity index (χ3v) is 2.63. The van der Waals surface area contributed by atoms with Crippen molar-refractivity contribution in [2.24, 2.45) is 0 Å². The molecule has 0 radical (unpaired) electrons. The van der Waals surface area contributed by atoms with Crippen LogP contribution in [0.15, 0.2) is 18.2 Å². The average Bonchev–Trinajstić information content (AvgIpc) is 2.58. The summed E-state index contributed by atoms with van der Waals surface area (Å²) < 4.78 is 39.5. The Morgan fingerprint density at radius 1 is 1.38 bits per heavy atom. The zero-order valence-electron chi connectivity index (χ0n) is 8.42. The van der Waals surface area contributed by atoms with Gasteiger partial charge in [-0.2, -0.15) is 0 Å². The van der Waals surface area contributed by atoms with E-state index in [2.05, 4.69) is 0 Å². The Hall–Kier alpha value is -1.52. The minimum Gasteiger partial charge on any atom is -0.362 e. The Morgan fingerprint density at radius 3 is 2.69 bits per heavy atom. The van der Waals surface area contributed by atoms with Crippen LogP contribution in [-0.4, -0.2) is 25.3 Å². The molecular weight excluding hydrogens is 219 g/mol. The summed E-state index contributed by atoms with van der Waals surface area (Å²) in [6.45, 7) is -0.469. The molecule has 0 bridgehead atoms. The lowest BCUT2D eigenvalue weighted by atomic mass is 10.1. The molecule has 1 fully saturated rings. The van der Waals surface area contributed by atoms with Crippen molar-refractivity contribution >= 4 is 12.0 Å². The van der Waals surface area contributed by atoms with Crippen molar-refractivity contribution in [1.29, 1.82) is 0 Å².